The van der Waals surface area contributed by atoms with E-state index in [1.54, 1.807) is 4.90 Å². The van der Waals surface area contributed by atoms with Crippen molar-refractivity contribution >= 4 is 5.91 Å². The van der Waals surface area contributed by atoms with Gasteiger partial charge in [-0.3, -0.25) is 9.69 Å². The quantitative estimate of drug-likeness (QED) is 0.827. The van der Waals surface area contributed by atoms with Crippen LogP contribution in [-0.4, -0.2) is 63.8 Å². The summed E-state index contributed by atoms with van der Waals surface area (Å²) in [7, 11) is 0. The average molecular weight is 326 g/mol. The van der Waals surface area contributed by atoms with Crippen LogP contribution in [0.15, 0.2) is 18.2 Å². The van der Waals surface area contributed by atoms with Crippen molar-refractivity contribution in [3.8, 4) is 0 Å². The number of aliphatic hydroxyl groups is 2. The molecule has 2 aliphatic rings. The Bertz CT molecular complexity index is 599. The lowest BCUT2D eigenvalue weighted by Gasteiger charge is -2.26. The van der Waals surface area contributed by atoms with Gasteiger partial charge in [-0.05, 0) is 12.5 Å². The van der Waals surface area contributed by atoms with E-state index < -0.39 is 17.7 Å². The number of fused-ring (bicyclic) bond motifs is 1. The van der Waals surface area contributed by atoms with Gasteiger partial charge >= 0.3 is 0 Å². The molecule has 2 fully saturated rings. The van der Waals surface area contributed by atoms with Crippen molar-refractivity contribution in [1.29, 1.82) is 0 Å². The SMILES string of the molecule is O=C1C[C@H]2[C@H](CCN2CC(O)CO)N1Cc1cccc(F)c1F. The van der Waals surface area contributed by atoms with E-state index in [9.17, 15) is 18.7 Å². The van der Waals surface area contributed by atoms with Crippen LogP contribution in [0.1, 0.15) is 18.4 Å². The molecule has 0 spiro atoms. The number of hydrogen-bond donors (Lipinski definition) is 2. The molecule has 126 valence electrons. The minimum atomic E-state index is -0.912. The largest absolute Gasteiger partial charge is 0.394 e. The highest BCUT2D eigenvalue weighted by Gasteiger charge is 2.46. The third kappa shape index (κ3) is 3.08. The fraction of sp³-hybridized carbons (Fsp3) is 0.562. The fourth-order valence-electron chi connectivity index (χ4n) is 3.62. The molecule has 3 rings (SSSR count). The number of nitrogens with zero attached hydrogens (tertiary/aromatic N) is 2. The van der Waals surface area contributed by atoms with E-state index in [2.05, 4.69) is 0 Å². The van der Waals surface area contributed by atoms with Crippen molar-refractivity contribution in [3.05, 3.63) is 35.4 Å². The summed E-state index contributed by atoms with van der Waals surface area (Å²) in [6, 6.07) is 3.88. The molecule has 1 aromatic carbocycles. The second-order valence-electron chi connectivity index (χ2n) is 6.19. The molecule has 0 saturated carbocycles. The predicted molar refractivity (Wildman–Crippen MR) is 78.4 cm³/mol. The Morgan fingerprint density at radius 2 is 2.09 bits per heavy atom. The van der Waals surface area contributed by atoms with Gasteiger partial charge in [-0.1, -0.05) is 12.1 Å². The van der Waals surface area contributed by atoms with Crippen molar-refractivity contribution in [2.45, 2.75) is 37.6 Å². The van der Waals surface area contributed by atoms with Crippen LogP contribution in [-0.2, 0) is 11.3 Å². The van der Waals surface area contributed by atoms with Crippen LogP contribution >= 0.6 is 0 Å². The highest BCUT2D eigenvalue weighted by atomic mass is 19.2. The maximum Gasteiger partial charge on any atom is 0.224 e. The molecule has 0 bridgehead atoms. The van der Waals surface area contributed by atoms with Crippen molar-refractivity contribution < 1.29 is 23.8 Å². The number of hydrogen-bond acceptors (Lipinski definition) is 4. The molecule has 3 atom stereocenters. The Labute approximate surface area is 133 Å². The van der Waals surface area contributed by atoms with Crippen molar-refractivity contribution in [2.24, 2.45) is 0 Å². The van der Waals surface area contributed by atoms with Crippen LogP contribution in [0.4, 0.5) is 8.78 Å². The first-order valence-electron chi connectivity index (χ1n) is 7.76. The van der Waals surface area contributed by atoms with Crippen LogP contribution in [0, 0.1) is 11.6 Å². The molecule has 1 amide bonds. The van der Waals surface area contributed by atoms with Crippen LogP contribution in [0.25, 0.3) is 0 Å². The number of rotatable bonds is 5. The standard InChI is InChI=1S/C16H20F2N2O3/c17-12-3-1-2-10(16(12)18)7-20-13-4-5-19(8-11(22)9-21)14(13)6-15(20)23/h1-3,11,13-14,21-22H,4-9H2/t11?,13-,14-/m0/s1. The van der Waals surface area contributed by atoms with Crippen molar-refractivity contribution in [2.75, 3.05) is 19.7 Å². The molecule has 1 unspecified atom stereocenters. The highest BCUT2D eigenvalue weighted by molar-refractivity contribution is 5.80. The maximum absolute atomic E-state index is 13.8. The maximum atomic E-state index is 13.8. The van der Waals surface area contributed by atoms with Crippen LogP contribution in [0.3, 0.4) is 0 Å². The van der Waals surface area contributed by atoms with Gasteiger partial charge in [0.05, 0.1) is 12.7 Å². The van der Waals surface area contributed by atoms with Crippen molar-refractivity contribution in [1.82, 2.24) is 9.80 Å². The van der Waals surface area contributed by atoms with Gasteiger partial charge < -0.3 is 15.1 Å². The Morgan fingerprint density at radius 1 is 1.30 bits per heavy atom. The minimum Gasteiger partial charge on any atom is -0.394 e. The number of carbonyl (C=O) groups excluding carboxylic acids is 1. The van der Waals surface area contributed by atoms with E-state index in [0.717, 1.165) is 12.5 Å². The molecule has 2 aliphatic heterocycles. The molecule has 5 nitrogen and oxygen atoms in total. The first kappa shape index (κ1) is 16.3. The number of amides is 1. The molecule has 23 heavy (non-hydrogen) atoms. The average Bonchev–Trinajstić information content (AvgIpc) is 3.04. The van der Waals surface area contributed by atoms with E-state index >= 15 is 0 Å². The zero-order valence-corrected chi connectivity index (χ0v) is 12.7. The zero-order valence-electron chi connectivity index (χ0n) is 12.7. The first-order valence-corrected chi connectivity index (χ1v) is 7.76. The van der Waals surface area contributed by atoms with E-state index in [1.807, 2.05) is 4.90 Å². The van der Waals surface area contributed by atoms with Crippen LogP contribution < -0.4 is 0 Å². The van der Waals surface area contributed by atoms with Gasteiger partial charge in [0.2, 0.25) is 5.91 Å². The molecule has 7 heteroatoms. The van der Waals surface area contributed by atoms with Gasteiger partial charge in [0.1, 0.15) is 0 Å². The Morgan fingerprint density at radius 3 is 2.83 bits per heavy atom. The molecule has 0 aromatic heterocycles. The van der Waals surface area contributed by atoms with Gasteiger partial charge in [0.15, 0.2) is 11.6 Å². The zero-order chi connectivity index (χ0) is 16.6. The van der Waals surface area contributed by atoms with Crippen LogP contribution in [0.5, 0.6) is 0 Å². The van der Waals surface area contributed by atoms with E-state index in [0.29, 0.717) is 19.5 Å². The summed E-state index contributed by atoms with van der Waals surface area (Å²) in [4.78, 5) is 15.9. The highest BCUT2D eigenvalue weighted by Crippen LogP contribution is 2.34. The number of aliphatic hydroxyl groups excluding tert-OH is 2. The Kier molecular flexibility index (Phi) is 4.61. The molecule has 1 aromatic rings. The number of carbonyl (C=O) groups is 1. The van der Waals surface area contributed by atoms with Gasteiger partial charge in [0.25, 0.3) is 0 Å². The summed E-state index contributed by atoms with van der Waals surface area (Å²) < 4.78 is 27.2. The lowest BCUT2D eigenvalue weighted by Crippen LogP contribution is -2.40. The van der Waals surface area contributed by atoms with Gasteiger partial charge in [-0.25, -0.2) is 8.78 Å². The molecule has 2 heterocycles. The third-order valence-corrected chi connectivity index (χ3v) is 4.76. The molecular formula is C16H20F2N2O3. The summed E-state index contributed by atoms with van der Waals surface area (Å²) in [6.07, 6.45) is 0.198. The minimum absolute atomic E-state index is 0.0414. The van der Waals surface area contributed by atoms with Crippen molar-refractivity contribution in [3.63, 3.8) is 0 Å². The molecule has 2 N–H and O–H groups in total. The lowest BCUT2D eigenvalue weighted by molar-refractivity contribution is -0.129. The second-order valence-corrected chi connectivity index (χ2v) is 6.19. The van der Waals surface area contributed by atoms with E-state index in [4.69, 9.17) is 5.11 Å². The number of halogens is 2. The fourth-order valence-corrected chi connectivity index (χ4v) is 3.62. The topological polar surface area (TPSA) is 64.0 Å². The van der Waals surface area contributed by atoms with Crippen LogP contribution in [0.2, 0.25) is 0 Å². The summed E-state index contributed by atoms with van der Waals surface area (Å²) in [5, 5.41) is 18.6. The number of β-amino-alcohol motifs (C(OH)–C–C–N with tert-alkyl or cyclic N) is 1. The molecule has 0 radical (unpaired) electrons. The summed E-state index contributed by atoms with van der Waals surface area (Å²) in [6.45, 7) is 0.759. The monoisotopic (exact) mass is 326 g/mol. The summed E-state index contributed by atoms with van der Waals surface area (Å²) >= 11 is 0. The van der Waals surface area contributed by atoms with Gasteiger partial charge in [-0.15, -0.1) is 0 Å². The number of likely N-dealkylation sites (tertiary alicyclic amines) is 2. The summed E-state index contributed by atoms with van der Waals surface area (Å²) in [5.41, 5.74) is 0.174. The van der Waals surface area contributed by atoms with E-state index in [1.165, 1.54) is 12.1 Å². The third-order valence-electron chi connectivity index (χ3n) is 4.76. The predicted octanol–water partition coefficient (Wildman–Crippen LogP) is 0.493. The Balaban J connectivity index is 1.73. The normalized spacial score (nSPS) is 25.9. The second kappa shape index (κ2) is 6.51. The molecular weight excluding hydrogens is 306 g/mol. The van der Waals surface area contributed by atoms with Gasteiger partial charge in [0, 0.05) is 43.7 Å². The number of benzene rings is 1. The molecule has 2 saturated heterocycles. The molecule has 0 aliphatic carbocycles. The lowest BCUT2D eigenvalue weighted by atomic mass is 10.1. The Hall–Kier alpha value is -1.57. The van der Waals surface area contributed by atoms with Gasteiger partial charge in [-0.2, -0.15) is 0 Å². The smallest absolute Gasteiger partial charge is 0.224 e. The summed E-state index contributed by atoms with van der Waals surface area (Å²) in [5.74, 6) is -1.91. The van der Waals surface area contributed by atoms with E-state index in [-0.39, 0.29) is 36.7 Å². The first-order chi connectivity index (χ1) is 11.0.